The van der Waals surface area contributed by atoms with Crippen molar-refractivity contribution in [2.24, 2.45) is 5.73 Å². The normalized spacial score (nSPS) is 14.0. The number of benzene rings is 2. The molecule has 3 amide bonds. The zero-order valence-electron chi connectivity index (χ0n) is 32.9. The minimum atomic E-state index is -2.84. The van der Waals surface area contributed by atoms with E-state index in [2.05, 4.69) is 50.6 Å². The molecule has 53 heavy (non-hydrogen) atoms. The highest BCUT2D eigenvalue weighted by molar-refractivity contribution is 8.57. The van der Waals surface area contributed by atoms with Crippen LogP contribution in [-0.4, -0.2) is 79.2 Å². The van der Waals surface area contributed by atoms with Gasteiger partial charge in [-0.1, -0.05) is 121 Å². The van der Waals surface area contributed by atoms with Gasteiger partial charge in [0.05, 0.1) is 12.6 Å². The molecule has 13 heteroatoms. The standard InChI is InChI=1S/C40H64N4O6S2Si/c1-8-11-24-49-29-35(44-36(45)30(4)41)38(47)42-33(27-31-20-16-14-17-21-31)37(46)43-34(28-32-22-18-15-19-23-32)39(48)50-53(40(5,6)7,51-25-12-9-2)52-26-13-10-3/h14-23,30,33-35H,8-13,24-29,41H2,1-7H3,(H,42,47)(H,43,46)(H,44,45)/t30-,33-,34-,35-/m0/s1. The maximum atomic E-state index is 14.5. The molecular weight excluding hydrogens is 725 g/mol. The van der Waals surface area contributed by atoms with Crippen LogP contribution in [0.4, 0.5) is 0 Å². The van der Waals surface area contributed by atoms with E-state index in [1.54, 1.807) is 22.4 Å². The van der Waals surface area contributed by atoms with Gasteiger partial charge in [-0.05, 0) is 48.8 Å². The topological polar surface area (TPSA) is 149 Å². The van der Waals surface area contributed by atoms with E-state index in [1.165, 1.54) is 6.92 Å². The van der Waals surface area contributed by atoms with Crippen LogP contribution in [-0.2, 0) is 41.2 Å². The number of nitrogens with one attached hydrogen (secondary N) is 3. The molecule has 0 heterocycles. The fourth-order valence-electron chi connectivity index (χ4n) is 5.17. The molecule has 2 aromatic rings. The van der Waals surface area contributed by atoms with Crippen molar-refractivity contribution in [3.63, 3.8) is 0 Å². The first kappa shape index (κ1) is 46.3. The lowest BCUT2D eigenvalue weighted by Crippen LogP contribution is -2.59. The summed E-state index contributed by atoms with van der Waals surface area (Å²) in [5, 5.41) is 8.24. The Hall–Kier alpha value is -2.84. The molecule has 0 aliphatic heterocycles. The molecule has 0 aliphatic carbocycles. The van der Waals surface area contributed by atoms with Crippen LogP contribution in [0.1, 0.15) is 98.1 Å². The summed E-state index contributed by atoms with van der Waals surface area (Å²) in [6.45, 7) is 11.8. The lowest BCUT2D eigenvalue weighted by Gasteiger charge is -2.40. The molecule has 2 rings (SSSR count). The average molecular weight is 789 g/mol. The fraction of sp³-hybridized carbons (Fsp3) is 0.600. The first-order valence-corrected chi connectivity index (χ1v) is 24.4. The van der Waals surface area contributed by atoms with Crippen molar-refractivity contribution < 1.29 is 28.3 Å². The monoisotopic (exact) mass is 788 g/mol. The summed E-state index contributed by atoms with van der Waals surface area (Å²) in [6, 6.07) is 14.8. The Morgan fingerprint density at radius 3 is 1.62 bits per heavy atom. The quantitative estimate of drug-likeness (QED) is 0.0659. The van der Waals surface area contributed by atoms with Gasteiger partial charge in [-0.25, -0.2) is 0 Å². The number of ether oxygens (including phenoxy) is 1. The van der Waals surface area contributed by atoms with Crippen molar-refractivity contribution in [1.82, 2.24) is 16.0 Å². The smallest absolute Gasteiger partial charge is 0.385 e. The number of carbonyl (C=O) groups excluding carboxylic acids is 4. The summed E-state index contributed by atoms with van der Waals surface area (Å²) >= 11 is 3.58. The molecule has 0 saturated heterocycles. The summed E-state index contributed by atoms with van der Waals surface area (Å²) in [6.07, 6.45) is 6.17. The van der Waals surface area contributed by atoms with Gasteiger partial charge in [-0.3, -0.25) is 19.2 Å². The lowest BCUT2D eigenvalue weighted by atomic mass is 10.0. The SMILES string of the molecule is CCCCOC[C@H](NC(=O)[C@H](C)N)C(=O)N[C@@H](Cc1ccccc1)C(=O)N[C@@H](Cc1ccccc1)C(=O)O[Si](SCCCC)(SCCCC)C(C)(C)C. The number of hydrogen-bond acceptors (Lipinski definition) is 9. The molecule has 0 radical (unpaired) electrons. The molecule has 0 aliphatic rings. The Labute approximate surface area is 327 Å². The predicted molar refractivity (Wildman–Crippen MR) is 222 cm³/mol. The maximum absolute atomic E-state index is 14.5. The van der Waals surface area contributed by atoms with E-state index in [1.807, 2.05) is 67.6 Å². The van der Waals surface area contributed by atoms with Crippen molar-refractivity contribution in [1.29, 1.82) is 0 Å². The third-order valence-electron chi connectivity index (χ3n) is 8.51. The highest BCUT2D eigenvalue weighted by Gasteiger charge is 2.52. The molecule has 0 bridgehead atoms. The number of unbranched alkanes of at least 4 members (excludes halogenated alkanes) is 3. The highest BCUT2D eigenvalue weighted by Crippen LogP contribution is 2.52. The molecule has 0 spiro atoms. The van der Waals surface area contributed by atoms with E-state index >= 15 is 0 Å². The Kier molecular flexibility index (Phi) is 21.4. The van der Waals surface area contributed by atoms with E-state index in [0.29, 0.717) is 6.61 Å². The molecule has 5 N–H and O–H groups in total. The van der Waals surface area contributed by atoms with Gasteiger partial charge < -0.3 is 30.8 Å². The maximum Gasteiger partial charge on any atom is 0.385 e. The van der Waals surface area contributed by atoms with Crippen LogP contribution >= 0.6 is 22.4 Å². The zero-order chi connectivity index (χ0) is 39.3. The van der Waals surface area contributed by atoms with E-state index in [4.69, 9.17) is 14.9 Å². The Bertz CT molecular complexity index is 1370. The van der Waals surface area contributed by atoms with Crippen LogP contribution in [0.15, 0.2) is 60.7 Å². The minimum Gasteiger partial charge on any atom is -0.497 e. The second-order valence-electron chi connectivity index (χ2n) is 14.4. The molecule has 0 unspecified atom stereocenters. The summed E-state index contributed by atoms with van der Waals surface area (Å²) in [4.78, 5) is 55.3. The van der Waals surface area contributed by atoms with Crippen molar-refractivity contribution in [3.05, 3.63) is 71.8 Å². The number of hydrogen-bond donors (Lipinski definition) is 4. The largest absolute Gasteiger partial charge is 0.497 e. The summed E-state index contributed by atoms with van der Waals surface area (Å²) in [5.41, 5.74) is 7.48. The summed E-state index contributed by atoms with van der Waals surface area (Å²) in [5.74, 6) is -0.351. The van der Waals surface area contributed by atoms with E-state index in [9.17, 15) is 19.2 Å². The van der Waals surface area contributed by atoms with Gasteiger partial charge in [0.25, 0.3) is 0 Å². The average Bonchev–Trinajstić information content (AvgIpc) is 3.12. The van der Waals surface area contributed by atoms with Gasteiger partial charge in [0.2, 0.25) is 17.7 Å². The van der Waals surface area contributed by atoms with E-state index < -0.39 is 54.5 Å². The summed E-state index contributed by atoms with van der Waals surface area (Å²) in [7, 11) is 0. The second-order valence-corrected chi connectivity index (χ2v) is 24.6. The third-order valence-corrected chi connectivity index (χ3v) is 22.4. The highest BCUT2D eigenvalue weighted by atomic mass is 32.6. The number of amides is 3. The Morgan fingerprint density at radius 1 is 0.698 bits per heavy atom. The first-order chi connectivity index (χ1) is 25.3. The fourth-order valence-corrected chi connectivity index (χ4v) is 16.8. The van der Waals surface area contributed by atoms with Crippen molar-refractivity contribution in [3.8, 4) is 0 Å². The van der Waals surface area contributed by atoms with E-state index in [0.717, 1.165) is 61.2 Å². The van der Waals surface area contributed by atoms with Gasteiger partial charge in [0.15, 0.2) is 0 Å². The number of carbonyl (C=O) groups is 4. The molecule has 10 nitrogen and oxygen atoms in total. The van der Waals surface area contributed by atoms with E-state index in [-0.39, 0.29) is 24.5 Å². The molecule has 0 fully saturated rings. The van der Waals surface area contributed by atoms with Gasteiger partial charge in [-0.15, -0.1) is 22.4 Å². The van der Waals surface area contributed by atoms with Crippen LogP contribution < -0.4 is 21.7 Å². The number of nitrogens with two attached hydrogens (primary N) is 1. The lowest BCUT2D eigenvalue weighted by molar-refractivity contribution is -0.140. The molecule has 296 valence electrons. The van der Waals surface area contributed by atoms with Crippen LogP contribution in [0.5, 0.6) is 0 Å². The Morgan fingerprint density at radius 2 is 1.15 bits per heavy atom. The molecule has 0 saturated carbocycles. The van der Waals surface area contributed by atoms with Crippen molar-refractivity contribution in [2.75, 3.05) is 24.7 Å². The second kappa shape index (κ2) is 24.5. The predicted octanol–water partition coefficient (Wildman–Crippen LogP) is 6.44. The van der Waals surface area contributed by atoms with Gasteiger partial charge in [-0.2, -0.15) is 0 Å². The van der Waals surface area contributed by atoms with Gasteiger partial charge in [0.1, 0.15) is 18.1 Å². The van der Waals surface area contributed by atoms with Crippen LogP contribution in [0, 0.1) is 0 Å². The van der Waals surface area contributed by atoms with Gasteiger partial charge in [0, 0.05) is 24.5 Å². The zero-order valence-corrected chi connectivity index (χ0v) is 35.5. The molecule has 0 aromatic heterocycles. The summed E-state index contributed by atoms with van der Waals surface area (Å²) < 4.78 is 12.5. The molecule has 2 aromatic carbocycles. The molecule has 4 atom stereocenters. The Balaban J connectivity index is 2.49. The third kappa shape index (κ3) is 16.6. The van der Waals surface area contributed by atoms with Crippen LogP contribution in [0.25, 0.3) is 0 Å². The van der Waals surface area contributed by atoms with Crippen molar-refractivity contribution >= 4 is 52.7 Å². The van der Waals surface area contributed by atoms with Crippen LogP contribution in [0.3, 0.4) is 0 Å². The molecular formula is C40H64N4O6S2Si. The minimum absolute atomic E-state index is 0.0855. The van der Waals surface area contributed by atoms with Crippen molar-refractivity contribution in [2.45, 2.75) is 129 Å². The van der Waals surface area contributed by atoms with Crippen LogP contribution in [0.2, 0.25) is 5.04 Å². The van der Waals surface area contributed by atoms with Gasteiger partial charge >= 0.3 is 12.6 Å². The first-order valence-electron chi connectivity index (χ1n) is 19.1. The number of rotatable bonds is 25.